The third-order valence-electron chi connectivity index (χ3n) is 4.52. The molecule has 2 N–H and O–H groups in total. The topological polar surface area (TPSA) is 75.6 Å². The number of benzene rings is 1. The maximum atomic E-state index is 11.1. The number of nitrogens with zero attached hydrogens (tertiary/aromatic N) is 3. The van der Waals surface area contributed by atoms with Crippen LogP contribution in [-0.4, -0.2) is 47.4 Å². The van der Waals surface area contributed by atoms with Crippen molar-refractivity contribution in [3.05, 3.63) is 28.3 Å². The van der Waals surface area contributed by atoms with E-state index in [1.54, 1.807) is 12.1 Å². The minimum absolute atomic E-state index is 0.00549. The Hall–Kier alpha value is -2.05. The van der Waals surface area contributed by atoms with Gasteiger partial charge in [0.1, 0.15) is 0 Å². The van der Waals surface area contributed by atoms with Crippen molar-refractivity contribution >= 4 is 29.6 Å². The summed E-state index contributed by atoms with van der Waals surface area (Å²) in [4.78, 5) is 15.3. The van der Waals surface area contributed by atoms with Crippen LogP contribution in [-0.2, 0) is 0 Å². The van der Waals surface area contributed by atoms with Gasteiger partial charge in [0.15, 0.2) is 0 Å². The zero-order valence-corrected chi connectivity index (χ0v) is 15.1. The molecular weight excluding hydrogens is 303 g/mol. The summed E-state index contributed by atoms with van der Waals surface area (Å²) in [5.74, 6) is 0. The monoisotopic (exact) mass is 330 g/mol. The van der Waals surface area contributed by atoms with Gasteiger partial charge in [-0.2, -0.15) is 0 Å². The number of hydrogen-bond donors (Lipinski definition) is 1. The normalized spacial score (nSPS) is 17.7. The summed E-state index contributed by atoms with van der Waals surface area (Å²) < 4.78 is 0. The molecule has 1 aromatic carbocycles. The number of hydrogen-bond acceptors (Lipinski definition) is 5. The van der Waals surface area contributed by atoms with Crippen molar-refractivity contribution in [3.8, 4) is 0 Å². The first-order chi connectivity index (χ1) is 11.4. The number of anilines is 2. The van der Waals surface area contributed by atoms with Gasteiger partial charge in [0.2, 0.25) is 0 Å². The molecule has 1 aromatic rings. The molecule has 0 aromatic heterocycles. The predicted molar refractivity (Wildman–Crippen MR) is 102 cm³/mol. The molecule has 1 saturated heterocycles. The van der Waals surface area contributed by atoms with Crippen LogP contribution in [0.5, 0.6) is 0 Å². The van der Waals surface area contributed by atoms with E-state index in [1.807, 2.05) is 19.9 Å². The van der Waals surface area contributed by atoms with E-state index >= 15 is 0 Å². The number of piperazine rings is 1. The number of nitrogen functional groups attached to an aromatic ring is 1. The summed E-state index contributed by atoms with van der Waals surface area (Å²) in [6.07, 6.45) is 2.37. The molecule has 1 spiro atoms. The Balaban J connectivity index is 0.00000100. The van der Waals surface area contributed by atoms with Gasteiger partial charge in [0, 0.05) is 0 Å². The summed E-state index contributed by atoms with van der Waals surface area (Å²) >= 11 is 0. The van der Waals surface area contributed by atoms with E-state index in [2.05, 4.69) is 30.6 Å². The Morgan fingerprint density at radius 2 is 1.96 bits per heavy atom. The van der Waals surface area contributed by atoms with Crippen molar-refractivity contribution in [2.75, 3.05) is 30.3 Å². The first-order valence-electron chi connectivity index (χ1n) is 8.62. The van der Waals surface area contributed by atoms with Gasteiger partial charge in [0.05, 0.1) is 0 Å². The Kier molecular flexibility index (Phi) is 5.52. The Bertz CT molecular complexity index is 639. The maximum absolute atomic E-state index is 11.1. The summed E-state index contributed by atoms with van der Waals surface area (Å²) in [6.45, 7) is 11.0. The minimum atomic E-state index is -0.412. The van der Waals surface area contributed by atoms with Crippen molar-refractivity contribution in [1.82, 2.24) is 4.81 Å². The van der Waals surface area contributed by atoms with E-state index in [1.165, 1.54) is 18.3 Å². The van der Waals surface area contributed by atoms with Gasteiger partial charge in [-0.05, 0) is 0 Å². The molecule has 7 heteroatoms. The molecule has 24 heavy (non-hydrogen) atoms. The Morgan fingerprint density at radius 3 is 2.50 bits per heavy atom. The molecule has 3 rings (SSSR count). The van der Waals surface area contributed by atoms with Crippen molar-refractivity contribution in [1.29, 1.82) is 0 Å². The van der Waals surface area contributed by atoms with Crippen LogP contribution in [0.25, 0.3) is 0 Å². The molecule has 0 atom stereocenters. The SMILES string of the molecule is CC.CC(C)=BN1CCN(c2ccc(N)c([N+](=O)[O-])c2)CC12CC2. The first-order valence-corrected chi connectivity index (χ1v) is 8.62. The second-order valence-corrected chi connectivity index (χ2v) is 6.55. The van der Waals surface area contributed by atoms with Crippen LogP contribution in [0, 0.1) is 10.1 Å². The van der Waals surface area contributed by atoms with E-state index in [4.69, 9.17) is 5.73 Å². The number of nitrogens with two attached hydrogens (primary N) is 1. The zero-order valence-electron chi connectivity index (χ0n) is 15.1. The van der Waals surface area contributed by atoms with Crippen molar-refractivity contribution in [3.63, 3.8) is 0 Å². The molecule has 6 nitrogen and oxygen atoms in total. The molecule has 130 valence electrons. The number of nitro benzene ring substituents is 1. The first kappa shape index (κ1) is 18.3. The fourth-order valence-corrected chi connectivity index (χ4v) is 3.20. The second kappa shape index (κ2) is 7.24. The van der Waals surface area contributed by atoms with E-state index < -0.39 is 4.92 Å². The molecule has 0 unspecified atom stereocenters. The quantitative estimate of drug-likeness (QED) is 0.399. The molecule has 1 aliphatic carbocycles. The third kappa shape index (κ3) is 3.71. The summed E-state index contributed by atoms with van der Waals surface area (Å²) in [5.41, 5.74) is 8.32. The Labute approximate surface area is 144 Å². The van der Waals surface area contributed by atoms with Gasteiger partial charge >= 0.3 is 130 Å². The van der Waals surface area contributed by atoms with Crippen LogP contribution in [0.2, 0.25) is 0 Å². The van der Waals surface area contributed by atoms with E-state index in [-0.39, 0.29) is 16.9 Å². The molecule has 1 aliphatic heterocycles. The van der Waals surface area contributed by atoms with Crippen LogP contribution in [0.1, 0.15) is 40.5 Å². The van der Waals surface area contributed by atoms with Crippen LogP contribution in [0.15, 0.2) is 18.2 Å². The second-order valence-electron chi connectivity index (χ2n) is 6.55. The number of rotatable bonds is 3. The fraction of sp³-hybridized carbons (Fsp3) is 0.588. The molecular formula is C17H27BN4O2. The molecule has 0 bridgehead atoms. The molecule has 0 radical (unpaired) electrons. The van der Waals surface area contributed by atoms with E-state index in [0.717, 1.165) is 25.3 Å². The standard InChI is InChI=1S/C15H21BN4O2.C2H6/c1-11(2)16-19-8-7-18(10-15(19)5-6-15)12-3-4-13(17)14(9-12)20(21)22;1-2/h3-4,9H,5-8,10,17H2,1-2H3;1-2H3. The molecule has 1 saturated carbocycles. The van der Waals surface area contributed by atoms with Gasteiger partial charge < -0.3 is 0 Å². The Morgan fingerprint density at radius 1 is 1.29 bits per heavy atom. The fourth-order valence-electron chi connectivity index (χ4n) is 3.20. The van der Waals surface area contributed by atoms with Crippen LogP contribution < -0.4 is 10.6 Å². The van der Waals surface area contributed by atoms with Gasteiger partial charge in [0.25, 0.3) is 0 Å². The van der Waals surface area contributed by atoms with Crippen molar-refractivity contribution < 1.29 is 4.92 Å². The van der Waals surface area contributed by atoms with Crippen LogP contribution in [0.4, 0.5) is 17.1 Å². The average molecular weight is 330 g/mol. The van der Waals surface area contributed by atoms with Crippen LogP contribution in [0.3, 0.4) is 0 Å². The summed E-state index contributed by atoms with van der Waals surface area (Å²) in [5, 5.41) is 11.1. The van der Waals surface area contributed by atoms with E-state index in [9.17, 15) is 10.1 Å². The van der Waals surface area contributed by atoms with Crippen molar-refractivity contribution in [2.24, 2.45) is 0 Å². The van der Waals surface area contributed by atoms with Gasteiger partial charge in [-0.15, -0.1) is 0 Å². The third-order valence-corrected chi connectivity index (χ3v) is 4.52. The van der Waals surface area contributed by atoms with Crippen LogP contribution >= 0.6 is 0 Å². The summed E-state index contributed by atoms with van der Waals surface area (Å²) in [6, 6.07) is 5.12. The van der Waals surface area contributed by atoms with Gasteiger partial charge in [-0.1, -0.05) is 13.8 Å². The molecule has 1 heterocycles. The average Bonchev–Trinajstić information content (AvgIpc) is 3.31. The number of nitro groups is 1. The molecule has 2 aliphatic rings. The predicted octanol–water partition coefficient (Wildman–Crippen LogP) is 2.69. The summed E-state index contributed by atoms with van der Waals surface area (Å²) in [7, 11) is 2.25. The molecule has 0 amide bonds. The van der Waals surface area contributed by atoms with Gasteiger partial charge in [-0.25, -0.2) is 0 Å². The van der Waals surface area contributed by atoms with Gasteiger partial charge in [-0.3, -0.25) is 0 Å². The van der Waals surface area contributed by atoms with Crippen molar-refractivity contribution in [2.45, 2.75) is 46.1 Å². The zero-order chi connectivity index (χ0) is 17.9. The molecule has 2 fully saturated rings. The van der Waals surface area contributed by atoms with E-state index in [0.29, 0.717) is 0 Å².